The molecule has 1 unspecified atom stereocenters. The molecule has 156 valence electrons. The van der Waals surface area contributed by atoms with E-state index in [0.717, 1.165) is 43.0 Å². The Hall–Kier alpha value is -1.73. The van der Waals surface area contributed by atoms with E-state index in [4.69, 9.17) is 4.74 Å². The largest absolute Gasteiger partial charge is 0.368 e. The fourth-order valence-electron chi connectivity index (χ4n) is 4.41. The molecule has 7 heteroatoms. The highest BCUT2D eigenvalue weighted by Crippen LogP contribution is 2.38. The number of aryl methyl sites for hydroxylation is 1. The summed E-state index contributed by atoms with van der Waals surface area (Å²) in [7, 11) is 3.45. The molecule has 1 N–H and O–H groups in total. The monoisotopic (exact) mass is 389 g/mol. The Kier molecular flexibility index (Phi) is 5.44. The number of nitrogens with one attached hydrogen (secondary N) is 1. The van der Waals surface area contributed by atoms with E-state index in [9.17, 15) is 4.79 Å². The molecule has 0 spiro atoms. The zero-order valence-electron chi connectivity index (χ0n) is 18.6. The number of ether oxygens (including phenoxy) is 1. The first-order valence-corrected chi connectivity index (χ1v) is 10.2. The Labute approximate surface area is 168 Å². The molecule has 2 saturated heterocycles. The lowest BCUT2D eigenvalue weighted by atomic mass is 9.93. The third-order valence-corrected chi connectivity index (χ3v) is 5.96. The summed E-state index contributed by atoms with van der Waals surface area (Å²) < 4.78 is 6.23. The molecule has 28 heavy (non-hydrogen) atoms. The van der Waals surface area contributed by atoms with Crippen molar-refractivity contribution in [3.8, 4) is 0 Å². The second-order valence-corrected chi connectivity index (χ2v) is 9.60. The number of carbonyl (C=O) groups excluding carboxylic acids is 1. The molecule has 0 radical (unpaired) electrons. The number of carbonyl (C=O) groups is 1. The number of aromatic nitrogens is 2. The van der Waals surface area contributed by atoms with Crippen LogP contribution in [0, 0.1) is 13.8 Å². The average Bonchev–Trinajstić information content (AvgIpc) is 3.10. The minimum atomic E-state index is -0.177. The van der Waals surface area contributed by atoms with Gasteiger partial charge in [-0.1, -0.05) is 0 Å². The molecule has 1 aromatic heterocycles. The van der Waals surface area contributed by atoms with Crippen LogP contribution < -0.4 is 10.2 Å². The predicted octanol–water partition coefficient (Wildman–Crippen LogP) is 2.31. The number of amides is 1. The van der Waals surface area contributed by atoms with Crippen molar-refractivity contribution in [1.82, 2.24) is 20.2 Å². The molecular weight excluding hydrogens is 354 g/mol. The summed E-state index contributed by atoms with van der Waals surface area (Å²) in [6, 6.07) is 0.705. The molecule has 1 aromatic rings. The van der Waals surface area contributed by atoms with Crippen LogP contribution in [0.25, 0.3) is 0 Å². The average molecular weight is 390 g/mol. The first-order chi connectivity index (χ1) is 12.9. The molecule has 2 aliphatic heterocycles. The van der Waals surface area contributed by atoms with E-state index in [-0.39, 0.29) is 22.9 Å². The van der Waals surface area contributed by atoms with E-state index in [0.29, 0.717) is 12.1 Å². The maximum absolute atomic E-state index is 12.4. The van der Waals surface area contributed by atoms with Crippen molar-refractivity contribution in [2.45, 2.75) is 77.7 Å². The van der Waals surface area contributed by atoms with Crippen LogP contribution in [0.3, 0.4) is 0 Å². The molecule has 7 nitrogen and oxygen atoms in total. The van der Waals surface area contributed by atoms with Gasteiger partial charge in [0.2, 0.25) is 5.82 Å². The standard InChI is InChI=1S/C21H35N5O2/c1-13-14(2)22-17(19(27)25(7)8)24-18(13)26-10-9-15(12-26)23-16-11-20(3,4)28-21(16,5)6/h15-16,23H,9-12H2,1-8H3/t15-,16?/m1/s1. The number of hydrogen-bond acceptors (Lipinski definition) is 6. The van der Waals surface area contributed by atoms with Crippen molar-refractivity contribution >= 4 is 11.7 Å². The summed E-state index contributed by atoms with van der Waals surface area (Å²) in [6.07, 6.45) is 2.05. The van der Waals surface area contributed by atoms with Crippen LogP contribution in [0.2, 0.25) is 0 Å². The molecule has 3 rings (SSSR count). The SMILES string of the molecule is Cc1nc(C(=O)N(C)C)nc(N2CC[C@@H](NC3CC(C)(C)OC3(C)C)C2)c1C. The maximum atomic E-state index is 12.4. The Morgan fingerprint density at radius 1 is 1.21 bits per heavy atom. The quantitative estimate of drug-likeness (QED) is 0.852. The molecule has 2 atom stereocenters. The van der Waals surface area contributed by atoms with E-state index in [1.165, 1.54) is 4.90 Å². The maximum Gasteiger partial charge on any atom is 0.291 e. The second kappa shape index (κ2) is 7.26. The highest BCUT2D eigenvalue weighted by atomic mass is 16.5. The van der Waals surface area contributed by atoms with Gasteiger partial charge >= 0.3 is 0 Å². The molecule has 2 fully saturated rings. The topological polar surface area (TPSA) is 70.6 Å². The molecule has 2 aliphatic rings. The predicted molar refractivity (Wildman–Crippen MR) is 111 cm³/mol. The minimum absolute atomic E-state index is 0.0960. The Bertz CT molecular complexity index is 759. The molecule has 0 bridgehead atoms. The highest BCUT2D eigenvalue weighted by molar-refractivity contribution is 5.90. The van der Waals surface area contributed by atoms with Gasteiger partial charge in [-0.2, -0.15) is 0 Å². The lowest BCUT2D eigenvalue weighted by Gasteiger charge is -2.30. The fraction of sp³-hybridized carbons (Fsp3) is 0.762. The van der Waals surface area contributed by atoms with Crippen LogP contribution in [0.1, 0.15) is 62.4 Å². The van der Waals surface area contributed by atoms with E-state index in [1.54, 1.807) is 14.1 Å². The van der Waals surface area contributed by atoms with Gasteiger partial charge in [0.15, 0.2) is 0 Å². The second-order valence-electron chi connectivity index (χ2n) is 9.60. The molecular formula is C21H35N5O2. The van der Waals surface area contributed by atoms with E-state index in [2.05, 4.69) is 47.9 Å². The molecule has 1 amide bonds. The van der Waals surface area contributed by atoms with Crippen molar-refractivity contribution in [3.05, 3.63) is 17.1 Å². The smallest absolute Gasteiger partial charge is 0.291 e. The third kappa shape index (κ3) is 4.15. The normalized spacial score (nSPS) is 25.9. The summed E-state index contributed by atoms with van der Waals surface area (Å²) in [5, 5.41) is 3.83. The van der Waals surface area contributed by atoms with Gasteiger partial charge in [0.05, 0.1) is 11.2 Å². The van der Waals surface area contributed by atoms with E-state index >= 15 is 0 Å². The minimum Gasteiger partial charge on any atom is -0.368 e. The van der Waals surface area contributed by atoms with Gasteiger partial charge in [-0.15, -0.1) is 0 Å². The summed E-state index contributed by atoms with van der Waals surface area (Å²) in [6.45, 7) is 14.4. The molecule has 0 aliphatic carbocycles. The van der Waals surface area contributed by atoms with Crippen LogP contribution in [-0.4, -0.2) is 71.2 Å². The van der Waals surface area contributed by atoms with E-state index < -0.39 is 0 Å². The lowest BCUT2D eigenvalue weighted by Crippen LogP contribution is -2.48. The Morgan fingerprint density at radius 3 is 2.46 bits per heavy atom. The Morgan fingerprint density at radius 2 is 1.89 bits per heavy atom. The highest BCUT2D eigenvalue weighted by Gasteiger charge is 2.46. The molecule has 0 aromatic carbocycles. The van der Waals surface area contributed by atoms with Gasteiger partial charge in [-0.05, 0) is 54.4 Å². The van der Waals surface area contributed by atoms with Gasteiger partial charge in [0.1, 0.15) is 5.82 Å². The van der Waals surface area contributed by atoms with Crippen molar-refractivity contribution in [2.75, 3.05) is 32.1 Å². The number of anilines is 1. The first-order valence-electron chi connectivity index (χ1n) is 10.2. The van der Waals surface area contributed by atoms with Crippen molar-refractivity contribution in [2.24, 2.45) is 0 Å². The summed E-state index contributed by atoms with van der Waals surface area (Å²) >= 11 is 0. The van der Waals surface area contributed by atoms with Crippen molar-refractivity contribution in [3.63, 3.8) is 0 Å². The fourth-order valence-corrected chi connectivity index (χ4v) is 4.41. The first kappa shape index (κ1) is 21.0. The number of rotatable bonds is 4. The van der Waals surface area contributed by atoms with E-state index in [1.807, 2.05) is 13.8 Å². The van der Waals surface area contributed by atoms with Gasteiger partial charge in [-0.25, -0.2) is 9.97 Å². The zero-order chi connectivity index (χ0) is 20.9. The number of hydrogen-bond donors (Lipinski definition) is 1. The Balaban J connectivity index is 1.74. The van der Waals surface area contributed by atoms with Gasteiger partial charge in [0, 0.05) is 50.5 Å². The summed E-state index contributed by atoms with van der Waals surface area (Å²) in [5.41, 5.74) is 1.63. The van der Waals surface area contributed by atoms with Crippen LogP contribution >= 0.6 is 0 Å². The summed E-state index contributed by atoms with van der Waals surface area (Å²) in [5.74, 6) is 0.987. The van der Waals surface area contributed by atoms with Crippen LogP contribution in [0.15, 0.2) is 0 Å². The zero-order valence-corrected chi connectivity index (χ0v) is 18.6. The molecule has 3 heterocycles. The van der Waals surface area contributed by atoms with Gasteiger partial charge < -0.3 is 19.9 Å². The van der Waals surface area contributed by atoms with Gasteiger partial charge in [0.25, 0.3) is 5.91 Å². The molecule has 0 saturated carbocycles. The van der Waals surface area contributed by atoms with Crippen LogP contribution in [0.4, 0.5) is 5.82 Å². The lowest BCUT2D eigenvalue weighted by molar-refractivity contribution is -0.0703. The number of nitrogens with zero attached hydrogens (tertiary/aromatic N) is 4. The van der Waals surface area contributed by atoms with Crippen LogP contribution in [0.5, 0.6) is 0 Å². The summed E-state index contributed by atoms with van der Waals surface area (Å²) in [4.78, 5) is 25.2. The third-order valence-electron chi connectivity index (χ3n) is 5.96. The van der Waals surface area contributed by atoms with Crippen LogP contribution in [-0.2, 0) is 4.74 Å². The van der Waals surface area contributed by atoms with Gasteiger partial charge in [-0.3, -0.25) is 4.79 Å². The van der Waals surface area contributed by atoms with Crippen molar-refractivity contribution in [1.29, 1.82) is 0 Å². The van der Waals surface area contributed by atoms with Crippen molar-refractivity contribution < 1.29 is 9.53 Å².